The first-order valence-corrected chi connectivity index (χ1v) is 17.6. The summed E-state index contributed by atoms with van der Waals surface area (Å²) in [6, 6.07) is 45.8. The molecule has 0 amide bonds. The van der Waals surface area contributed by atoms with Crippen LogP contribution in [-0.4, -0.2) is 15.0 Å². The second-order valence-corrected chi connectivity index (χ2v) is 13.5. The lowest BCUT2D eigenvalue weighted by Gasteiger charge is -2.32. The molecule has 0 aliphatic heterocycles. The molecule has 0 bridgehead atoms. The second kappa shape index (κ2) is 11.3. The number of furan rings is 2. The molecule has 0 saturated heterocycles. The van der Waals surface area contributed by atoms with Crippen molar-refractivity contribution in [3.8, 4) is 33.9 Å². The van der Waals surface area contributed by atoms with Crippen molar-refractivity contribution in [2.75, 3.05) is 0 Å². The van der Waals surface area contributed by atoms with E-state index in [1.54, 1.807) is 0 Å². The van der Waals surface area contributed by atoms with Gasteiger partial charge in [0.1, 0.15) is 22.3 Å². The minimum atomic E-state index is 0.0827. The topological polar surface area (TPSA) is 65.0 Å². The maximum absolute atomic E-state index is 6.47. The third-order valence-electron chi connectivity index (χ3n) is 10.5. The molecule has 52 heavy (non-hydrogen) atoms. The molecule has 3 heterocycles. The Morgan fingerprint density at radius 2 is 1.13 bits per heavy atom. The van der Waals surface area contributed by atoms with Crippen molar-refractivity contribution in [1.29, 1.82) is 0 Å². The van der Waals surface area contributed by atoms with Crippen LogP contribution < -0.4 is 0 Å². The van der Waals surface area contributed by atoms with Crippen LogP contribution in [0.15, 0.2) is 167 Å². The first kappa shape index (κ1) is 28.9. The summed E-state index contributed by atoms with van der Waals surface area (Å²) in [6.07, 6.45) is 11.1. The molecule has 3 aromatic heterocycles. The van der Waals surface area contributed by atoms with E-state index in [1.807, 2.05) is 48.5 Å². The standard InChI is InChI=1S/C47H29N3O2/c1-2-12-28(13-3-1)45-48-46(38-26-29-14-4-5-15-31(29)33-16-6-7-17-34(33)38)50-47(49-45)44-32(24-25-41-43(44)37-19-9-11-21-40(37)51-41)30-22-23-36-35-18-8-10-20-39(35)52-42(36)27-30/h1-27,33-34H. The highest BCUT2D eigenvalue weighted by atomic mass is 16.3. The van der Waals surface area contributed by atoms with Gasteiger partial charge in [-0.3, -0.25) is 0 Å². The van der Waals surface area contributed by atoms with E-state index in [0.29, 0.717) is 17.5 Å². The molecule has 0 saturated carbocycles. The van der Waals surface area contributed by atoms with Gasteiger partial charge in [0.25, 0.3) is 0 Å². The highest BCUT2D eigenvalue weighted by molar-refractivity contribution is 6.16. The van der Waals surface area contributed by atoms with Crippen LogP contribution in [0.3, 0.4) is 0 Å². The number of allylic oxidation sites excluding steroid dienone is 5. The molecule has 0 radical (unpaired) electrons. The Bertz CT molecular complexity index is 2980. The van der Waals surface area contributed by atoms with E-state index in [4.69, 9.17) is 23.8 Å². The number of fused-ring (bicyclic) bond motifs is 9. The lowest BCUT2D eigenvalue weighted by molar-refractivity contribution is 0.669. The summed E-state index contributed by atoms with van der Waals surface area (Å²) in [6.45, 7) is 0. The fourth-order valence-corrected chi connectivity index (χ4v) is 8.14. The first-order valence-electron chi connectivity index (χ1n) is 17.6. The van der Waals surface area contributed by atoms with Gasteiger partial charge in [0.15, 0.2) is 17.5 Å². The van der Waals surface area contributed by atoms with E-state index >= 15 is 0 Å². The van der Waals surface area contributed by atoms with Gasteiger partial charge in [-0.15, -0.1) is 0 Å². The van der Waals surface area contributed by atoms with Crippen LogP contribution in [0, 0.1) is 5.92 Å². The van der Waals surface area contributed by atoms with E-state index in [2.05, 4.69) is 115 Å². The Morgan fingerprint density at radius 1 is 0.462 bits per heavy atom. The average molecular weight is 668 g/mol. The maximum atomic E-state index is 6.47. The largest absolute Gasteiger partial charge is 0.456 e. The minimum absolute atomic E-state index is 0.0827. The molecule has 244 valence electrons. The third kappa shape index (κ3) is 4.46. The van der Waals surface area contributed by atoms with E-state index in [0.717, 1.165) is 71.7 Å². The zero-order valence-corrected chi connectivity index (χ0v) is 27.9. The quantitative estimate of drug-likeness (QED) is 0.187. The monoisotopic (exact) mass is 667 g/mol. The predicted octanol–water partition coefficient (Wildman–Crippen LogP) is 12.1. The van der Waals surface area contributed by atoms with Gasteiger partial charge in [0, 0.05) is 50.1 Å². The van der Waals surface area contributed by atoms with Gasteiger partial charge in [-0.2, -0.15) is 0 Å². The predicted molar refractivity (Wildman–Crippen MR) is 210 cm³/mol. The lowest BCUT2D eigenvalue weighted by Crippen LogP contribution is -2.19. The molecule has 5 heteroatoms. The Hall–Kier alpha value is -6.85. The Labute approximate surface area is 298 Å². The van der Waals surface area contributed by atoms with Gasteiger partial charge >= 0.3 is 0 Å². The summed E-state index contributed by atoms with van der Waals surface area (Å²) in [5.41, 5.74) is 10.7. The van der Waals surface area contributed by atoms with Crippen molar-refractivity contribution < 1.29 is 8.83 Å². The molecule has 2 atom stereocenters. The van der Waals surface area contributed by atoms with Crippen LogP contribution in [0.4, 0.5) is 0 Å². The zero-order chi connectivity index (χ0) is 34.2. The fraction of sp³-hybridized carbons (Fsp3) is 0.0426. The zero-order valence-electron chi connectivity index (χ0n) is 27.9. The van der Waals surface area contributed by atoms with E-state index in [1.165, 1.54) is 11.1 Å². The van der Waals surface area contributed by atoms with Crippen molar-refractivity contribution in [2.45, 2.75) is 5.92 Å². The summed E-state index contributed by atoms with van der Waals surface area (Å²) in [7, 11) is 0. The number of hydrogen-bond donors (Lipinski definition) is 0. The van der Waals surface area contributed by atoms with Crippen LogP contribution >= 0.6 is 0 Å². The number of para-hydroxylation sites is 2. The molecule has 5 nitrogen and oxygen atoms in total. The Balaban J connectivity index is 1.21. The molecule has 2 aliphatic carbocycles. The number of rotatable bonds is 4. The lowest BCUT2D eigenvalue weighted by atomic mass is 9.72. The number of aromatic nitrogens is 3. The van der Waals surface area contributed by atoms with Crippen LogP contribution in [0.25, 0.3) is 89.4 Å². The molecule has 6 aromatic carbocycles. The highest BCUT2D eigenvalue weighted by Crippen LogP contribution is 2.47. The van der Waals surface area contributed by atoms with E-state index < -0.39 is 0 Å². The summed E-state index contributed by atoms with van der Waals surface area (Å²) >= 11 is 0. The van der Waals surface area contributed by atoms with Crippen LogP contribution in [0.2, 0.25) is 0 Å². The fourth-order valence-electron chi connectivity index (χ4n) is 8.14. The molecule has 2 unspecified atom stereocenters. The van der Waals surface area contributed by atoms with E-state index in [-0.39, 0.29) is 11.8 Å². The van der Waals surface area contributed by atoms with Crippen molar-refractivity contribution >= 4 is 55.5 Å². The van der Waals surface area contributed by atoms with Gasteiger partial charge in [-0.05, 0) is 64.7 Å². The summed E-state index contributed by atoms with van der Waals surface area (Å²) in [5.74, 6) is 2.15. The molecule has 11 rings (SSSR count). The molecular weight excluding hydrogens is 639 g/mol. The molecule has 0 fully saturated rings. The van der Waals surface area contributed by atoms with E-state index in [9.17, 15) is 0 Å². The molecule has 0 N–H and O–H groups in total. The van der Waals surface area contributed by atoms with Gasteiger partial charge in [0.05, 0.1) is 0 Å². The molecule has 9 aromatic rings. The Morgan fingerprint density at radius 3 is 2.02 bits per heavy atom. The normalized spacial score (nSPS) is 16.4. The van der Waals surface area contributed by atoms with Crippen molar-refractivity contribution in [3.05, 3.63) is 175 Å². The van der Waals surface area contributed by atoms with Crippen LogP contribution in [0.1, 0.15) is 22.9 Å². The summed E-state index contributed by atoms with van der Waals surface area (Å²) in [5, 5.41) is 4.16. The van der Waals surface area contributed by atoms with Gasteiger partial charge < -0.3 is 8.83 Å². The summed E-state index contributed by atoms with van der Waals surface area (Å²) in [4.78, 5) is 15.9. The third-order valence-corrected chi connectivity index (χ3v) is 10.5. The first-order chi connectivity index (χ1) is 25.8. The smallest absolute Gasteiger partial charge is 0.165 e. The van der Waals surface area contributed by atoms with Crippen LogP contribution in [-0.2, 0) is 0 Å². The highest BCUT2D eigenvalue weighted by Gasteiger charge is 2.32. The van der Waals surface area contributed by atoms with Gasteiger partial charge in [0.2, 0.25) is 0 Å². The number of benzene rings is 6. The number of nitrogens with zero attached hydrogens (tertiary/aromatic N) is 3. The molecular formula is C47H29N3O2. The number of hydrogen-bond acceptors (Lipinski definition) is 5. The molecule has 0 spiro atoms. The van der Waals surface area contributed by atoms with Crippen molar-refractivity contribution in [2.24, 2.45) is 5.92 Å². The Kier molecular flexibility index (Phi) is 6.31. The SMILES string of the molecule is C1=CC2C(c3nc(-c4ccccc4)nc(-c4c(-c5ccc6c(c5)oc5ccccc56)ccc5oc6ccccc6c45)n3)=Cc3ccccc3C2C=C1. The second-order valence-electron chi connectivity index (χ2n) is 13.5. The summed E-state index contributed by atoms with van der Waals surface area (Å²) < 4.78 is 12.8. The molecule has 2 aliphatic rings. The maximum Gasteiger partial charge on any atom is 0.165 e. The minimum Gasteiger partial charge on any atom is -0.456 e. The van der Waals surface area contributed by atoms with Crippen LogP contribution in [0.5, 0.6) is 0 Å². The van der Waals surface area contributed by atoms with Gasteiger partial charge in [-0.25, -0.2) is 15.0 Å². The average Bonchev–Trinajstić information content (AvgIpc) is 3.78. The van der Waals surface area contributed by atoms with Crippen molar-refractivity contribution in [3.63, 3.8) is 0 Å². The van der Waals surface area contributed by atoms with Gasteiger partial charge in [-0.1, -0.05) is 121 Å². The van der Waals surface area contributed by atoms with Crippen molar-refractivity contribution in [1.82, 2.24) is 15.0 Å².